The molecule has 0 unspecified atom stereocenters. The summed E-state index contributed by atoms with van der Waals surface area (Å²) >= 11 is 11.9. The lowest BCUT2D eigenvalue weighted by Crippen LogP contribution is -2.14. The van der Waals surface area contributed by atoms with Gasteiger partial charge in [-0.1, -0.05) is 23.2 Å². The van der Waals surface area contributed by atoms with Crippen LogP contribution >= 0.6 is 23.2 Å². The molecule has 0 aliphatic heterocycles. The van der Waals surface area contributed by atoms with Crippen molar-refractivity contribution in [3.63, 3.8) is 0 Å². The van der Waals surface area contributed by atoms with Gasteiger partial charge in [0.2, 0.25) is 5.95 Å². The van der Waals surface area contributed by atoms with Gasteiger partial charge in [-0.15, -0.1) is 0 Å². The summed E-state index contributed by atoms with van der Waals surface area (Å²) in [5.41, 5.74) is 3.53. The lowest BCUT2D eigenvalue weighted by atomic mass is 9.98. The van der Waals surface area contributed by atoms with Gasteiger partial charge in [0.05, 0.1) is 21.3 Å². The third-order valence-electron chi connectivity index (χ3n) is 4.34. The first kappa shape index (κ1) is 18.5. The molecule has 142 valence electrons. The molecule has 0 saturated heterocycles. The zero-order valence-corrected chi connectivity index (χ0v) is 16.4. The number of hydrogen-bond acceptors (Lipinski definition) is 4. The van der Waals surface area contributed by atoms with Gasteiger partial charge in [0.25, 0.3) is 5.91 Å². The fraction of sp³-hybridized carbons (Fsp3) is 0.100. The van der Waals surface area contributed by atoms with E-state index in [1.807, 2.05) is 19.0 Å². The van der Waals surface area contributed by atoms with Gasteiger partial charge < -0.3 is 14.6 Å². The molecule has 0 saturated carbocycles. The highest BCUT2D eigenvalue weighted by atomic mass is 35.5. The Kier molecular flexibility index (Phi) is 4.61. The summed E-state index contributed by atoms with van der Waals surface area (Å²) in [6.07, 6.45) is 1.35. The Morgan fingerprint density at radius 2 is 1.93 bits per heavy atom. The maximum atomic E-state index is 13.7. The predicted molar refractivity (Wildman–Crippen MR) is 109 cm³/mol. The monoisotopic (exact) mass is 417 g/mol. The van der Waals surface area contributed by atoms with E-state index < -0.39 is 11.9 Å². The molecule has 0 fully saturated rings. The van der Waals surface area contributed by atoms with Crippen LogP contribution in [-0.4, -0.2) is 25.0 Å². The highest BCUT2D eigenvalue weighted by Crippen LogP contribution is 2.43. The number of anilines is 2. The van der Waals surface area contributed by atoms with Crippen molar-refractivity contribution in [2.75, 3.05) is 24.3 Å². The number of fused-ring (bicyclic) bond motifs is 2. The molecule has 0 aliphatic carbocycles. The zero-order valence-electron chi connectivity index (χ0n) is 14.9. The molecule has 0 atom stereocenters. The number of nitrogens with zero attached hydrogens (tertiary/aromatic N) is 2. The van der Waals surface area contributed by atoms with Crippen molar-refractivity contribution in [1.82, 2.24) is 4.98 Å². The first-order valence-corrected chi connectivity index (χ1v) is 9.05. The van der Waals surface area contributed by atoms with Gasteiger partial charge in [0.15, 0.2) is 5.58 Å². The van der Waals surface area contributed by atoms with Gasteiger partial charge in [0, 0.05) is 43.7 Å². The summed E-state index contributed by atoms with van der Waals surface area (Å²) < 4.78 is 19.6. The minimum atomic E-state index is -0.641. The normalized spacial score (nSPS) is 11.2. The van der Waals surface area contributed by atoms with Crippen LogP contribution in [-0.2, 0) is 0 Å². The van der Waals surface area contributed by atoms with Crippen LogP contribution in [0, 0.1) is 5.95 Å². The maximum Gasteiger partial charge on any atom is 0.260 e. The van der Waals surface area contributed by atoms with Crippen LogP contribution < -0.4 is 10.2 Å². The van der Waals surface area contributed by atoms with Gasteiger partial charge in [-0.3, -0.25) is 4.79 Å². The summed E-state index contributed by atoms with van der Waals surface area (Å²) in [7, 11) is 3.73. The fourth-order valence-corrected chi connectivity index (χ4v) is 3.38. The number of hydrogen-bond donors (Lipinski definition) is 1. The molecular formula is C20H14Cl2FN3O2. The number of furan rings is 2. The lowest BCUT2D eigenvalue weighted by molar-refractivity contribution is 0.102. The average Bonchev–Trinajstić information content (AvgIpc) is 3.23. The largest absolute Gasteiger partial charge is 0.454 e. The number of halogens is 3. The van der Waals surface area contributed by atoms with E-state index in [0.717, 1.165) is 5.69 Å². The smallest absolute Gasteiger partial charge is 0.260 e. The van der Waals surface area contributed by atoms with Crippen molar-refractivity contribution in [2.45, 2.75) is 0 Å². The van der Waals surface area contributed by atoms with Crippen LogP contribution in [0.5, 0.6) is 0 Å². The fourth-order valence-electron chi connectivity index (χ4n) is 3.08. The molecule has 8 heteroatoms. The van der Waals surface area contributed by atoms with E-state index in [4.69, 9.17) is 27.6 Å². The highest BCUT2D eigenvalue weighted by molar-refractivity contribution is 6.42. The van der Waals surface area contributed by atoms with Crippen LogP contribution in [0.2, 0.25) is 10.0 Å². The molecule has 1 amide bonds. The predicted octanol–water partition coefficient (Wildman–Crippen LogP) is 5.70. The summed E-state index contributed by atoms with van der Waals surface area (Å²) in [5, 5.41) is 3.50. The van der Waals surface area contributed by atoms with E-state index in [1.165, 1.54) is 12.3 Å². The first-order valence-electron chi connectivity index (χ1n) is 8.29. The zero-order chi connectivity index (χ0) is 20.0. The Morgan fingerprint density at radius 1 is 1.14 bits per heavy atom. The molecule has 3 heterocycles. The second-order valence-electron chi connectivity index (χ2n) is 6.42. The molecule has 0 spiro atoms. The molecule has 4 rings (SSSR count). The second-order valence-corrected chi connectivity index (χ2v) is 7.23. The van der Waals surface area contributed by atoms with Gasteiger partial charge in [-0.25, -0.2) is 4.98 Å². The Labute approximate surface area is 170 Å². The van der Waals surface area contributed by atoms with E-state index in [1.54, 1.807) is 30.3 Å². The molecular weight excluding hydrogens is 404 g/mol. The molecule has 2 bridgehead atoms. The molecule has 1 N–H and O–H groups in total. The SMILES string of the molecule is CN(C)c1cc2oc1c(-c1ccnc(F)c1)c2C(=O)Nc1ccc(Cl)c(Cl)c1. The first-order chi connectivity index (χ1) is 13.3. The number of aromatic nitrogens is 1. The number of carbonyl (C=O) groups is 1. The summed E-state index contributed by atoms with van der Waals surface area (Å²) in [6.45, 7) is 0. The standard InChI is InChI=1S/C20H14Cl2FN3O2/c1-26(2)14-9-15-18(20(27)25-11-3-4-12(21)13(22)8-11)17(19(14)28-15)10-5-6-24-16(23)7-10/h3-9H,1-2H3,(H,25,27). The molecule has 28 heavy (non-hydrogen) atoms. The Balaban J connectivity index is 1.82. The third-order valence-corrected chi connectivity index (χ3v) is 5.08. The van der Waals surface area contributed by atoms with Crippen molar-refractivity contribution < 1.29 is 13.6 Å². The molecule has 3 aromatic heterocycles. The minimum Gasteiger partial charge on any atom is -0.454 e. The highest BCUT2D eigenvalue weighted by Gasteiger charge is 2.28. The number of nitrogens with one attached hydrogen (secondary N) is 1. The average molecular weight is 418 g/mol. The van der Waals surface area contributed by atoms with Crippen LogP contribution in [0.25, 0.3) is 22.3 Å². The van der Waals surface area contributed by atoms with E-state index in [0.29, 0.717) is 43.6 Å². The summed E-state index contributed by atoms with van der Waals surface area (Å²) in [6, 6.07) is 9.48. The van der Waals surface area contributed by atoms with E-state index in [2.05, 4.69) is 10.3 Å². The molecule has 4 aromatic rings. The topological polar surface area (TPSA) is 58.4 Å². The quantitative estimate of drug-likeness (QED) is 0.432. The molecule has 0 aliphatic rings. The van der Waals surface area contributed by atoms with Crippen molar-refractivity contribution in [3.8, 4) is 11.1 Å². The van der Waals surface area contributed by atoms with Gasteiger partial charge in [-0.2, -0.15) is 4.39 Å². The second kappa shape index (κ2) is 6.96. The number of benzene rings is 2. The van der Waals surface area contributed by atoms with E-state index in [9.17, 15) is 9.18 Å². The molecule has 0 radical (unpaired) electrons. The Morgan fingerprint density at radius 3 is 2.61 bits per heavy atom. The Bertz CT molecular complexity index is 1190. The van der Waals surface area contributed by atoms with Gasteiger partial charge in [0.1, 0.15) is 5.58 Å². The van der Waals surface area contributed by atoms with Crippen LogP contribution in [0.1, 0.15) is 10.4 Å². The summed E-state index contributed by atoms with van der Waals surface area (Å²) in [4.78, 5) is 18.5. The van der Waals surface area contributed by atoms with Crippen LogP contribution in [0.3, 0.4) is 0 Å². The minimum absolute atomic E-state index is 0.317. The van der Waals surface area contributed by atoms with E-state index in [-0.39, 0.29) is 0 Å². The van der Waals surface area contributed by atoms with E-state index >= 15 is 0 Å². The third kappa shape index (κ3) is 3.15. The molecule has 1 aromatic carbocycles. The number of carbonyl (C=O) groups excluding carboxylic acids is 1. The van der Waals surface area contributed by atoms with Crippen LogP contribution in [0.4, 0.5) is 15.8 Å². The van der Waals surface area contributed by atoms with Crippen molar-refractivity contribution >= 4 is 51.6 Å². The maximum absolute atomic E-state index is 13.7. The number of pyridine rings is 1. The van der Waals surface area contributed by atoms with Gasteiger partial charge in [-0.05, 0) is 29.8 Å². The summed E-state index contributed by atoms with van der Waals surface area (Å²) in [5.74, 6) is -1.04. The molecule has 5 nitrogen and oxygen atoms in total. The van der Waals surface area contributed by atoms with Crippen molar-refractivity contribution in [3.05, 3.63) is 64.2 Å². The van der Waals surface area contributed by atoms with Crippen molar-refractivity contribution in [1.29, 1.82) is 0 Å². The number of rotatable bonds is 4. The van der Waals surface area contributed by atoms with Crippen molar-refractivity contribution in [2.24, 2.45) is 0 Å². The number of amides is 1. The lowest BCUT2D eigenvalue weighted by Gasteiger charge is -2.13. The van der Waals surface area contributed by atoms with Gasteiger partial charge >= 0.3 is 0 Å². The Hall–Kier alpha value is -2.83. The van der Waals surface area contributed by atoms with Crippen LogP contribution in [0.15, 0.2) is 47.0 Å².